The average Bonchev–Trinajstić information content (AvgIpc) is 3.34. The zero-order chi connectivity index (χ0) is 20.3. The number of rotatable bonds is 7. The van der Waals surface area contributed by atoms with Gasteiger partial charge in [0.15, 0.2) is 0 Å². The summed E-state index contributed by atoms with van der Waals surface area (Å²) in [6.07, 6.45) is 2.61. The summed E-state index contributed by atoms with van der Waals surface area (Å²) < 4.78 is 5.59. The fourth-order valence-corrected chi connectivity index (χ4v) is 6.16. The van der Waals surface area contributed by atoms with Crippen molar-refractivity contribution in [2.75, 3.05) is 20.2 Å². The number of nitrogens with one attached hydrogen (secondary N) is 1. The number of fused-ring (bicyclic) bond motifs is 3. The number of piperidine rings is 3. The van der Waals surface area contributed by atoms with E-state index in [2.05, 4.69) is 76.3 Å². The van der Waals surface area contributed by atoms with Crippen molar-refractivity contribution in [3.8, 4) is 5.75 Å². The molecule has 3 aliphatic rings. The van der Waals surface area contributed by atoms with Crippen molar-refractivity contribution in [3.63, 3.8) is 0 Å². The highest BCUT2D eigenvalue weighted by molar-refractivity contribution is 7.09. The third kappa shape index (κ3) is 3.92. The van der Waals surface area contributed by atoms with Gasteiger partial charge in [-0.2, -0.15) is 0 Å². The Hall–Kier alpha value is -2.14. The standard InChI is InChI=1S/C26H30N2OS/c1-29-22-10-5-9-21(17-22)24(19-7-3-2-4-8-19)26-25(20-12-14-28(26)15-13-20)27-18-23-11-6-16-30-23/h2-11,16-17,20,24-27H,12-15,18H2,1H3/t24?,25-,26+/m1/s1. The van der Waals surface area contributed by atoms with E-state index in [4.69, 9.17) is 4.74 Å². The SMILES string of the molecule is COc1cccc(C(c2ccccc2)[C@H]2[C@H](NCc3cccs3)C3CCN2CC3)c1. The monoisotopic (exact) mass is 418 g/mol. The molecule has 30 heavy (non-hydrogen) atoms. The van der Waals surface area contributed by atoms with Crippen LogP contribution in [0.1, 0.15) is 34.8 Å². The predicted octanol–water partition coefficient (Wildman–Crippen LogP) is 5.14. The lowest BCUT2D eigenvalue weighted by atomic mass is 9.70. The normalized spacial score (nSPS) is 26.4. The molecule has 1 N–H and O–H groups in total. The van der Waals surface area contributed by atoms with Crippen molar-refractivity contribution >= 4 is 11.3 Å². The van der Waals surface area contributed by atoms with Gasteiger partial charge in [0.05, 0.1) is 7.11 Å². The van der Waals surface area contributed by atoms with Gasteiger partial charge >= 0.3 is 0 Å². The van der Waals surface area contributed by atoms with Gasteiger partial charge in [-0.15, -0.1) is 11.3 Å². The number of nitrogens with zero attached hydrogens (tertiary/aromatic N) is 1. The van der Waals surface area contributed by atoms with Gasteiger partial charge < -0.3 is 10.1 Å². The number of thiophene rings is 1. The van der Waals surface area contributed by atoms with Crippen LogP contribution in [0.5, 0.6) is 5.75 Å². The van der Waals surface area contributed by atoms with Crippen LogP contribution in [-0.2, 0) is 6.54 Å². The molecule has 156 valence electrons. The molecule has 0 aliphatic carbocycles. The Labute approximate surface area is 183 Å². The number of hydrogen-bond acceptors (Lipinski definition) is 4. The second-order valence-corrected chi connectivity index (χ2v) is 9.55. The quantitative estimate of drug-likeness (QED) is 0.575. The van der Waals surface area contributed by atoms with E-state index in [1.54, 1.807) is 7.11 Å². The van der Waals surface area contributed by atoms with Gasteiger partial charge in [-0.1, -0.05) is 48.5 Å². The summed E-state index contributed by atoms with van der Waals surface area (Å²) in [6.45, 7) is 3.38. The average molecular weight is 419 g/mol. The second-order valence-electron chi connectivity index (χ2n) is 8.52. The topological polar surface area (TPSA) is 24.5 Å². The van der Waals surface area contributed by atoms with Gasteiger partial charge in [0.25, 0.3) is 0 Å². The van der Waals surface area contributed by atoms with Crippen LogP contribution in [0.25, 0.3) is 0 Å². The lowest BCUT2D eigenvalue weighted by Gasteiger charge is -2.54. The predicted molar refractivity (Wildman–Crippen MR) is 124 cm³/mol. The Kier molecular flexibility index (Phi) is 5.89. The lowest BCUT2D eigenvalue weighted by Crippen LogP contribution is -2.64. The summed E-state index contributed by atoms with van der Waals surface area (Å²) in [6, 6.07) is 25.1. The first-order valence-electron chi connectivity index (χ1n) is 11.0. The first kappa shape index (κ1) is 19.8. The van der Waals surface area contributed by atoms with E-state index < -0.39 is 0 Å². The minimum absolute atomic E-state index is 0.324. The molecule has 3 aliphatic heterocycles. The summed E-state index contributed by atoms with van der Waals surface area (Å²) >= 11 is 1.85. The number of hydrogen-bond donors (Lipinski definition) is 1. The van der Waals surface area contributed by atoms with Crippen molar-refractivity contribution in [2.45, 2.75) is 37.4 Å². The van der Waals surface area contributed by atoms with Crippen molar-refractivity contribution in [1.29, 1.82) is 0 Å². The van der Waals surface area contributed by atoms with Crippen LogP contribution >= 0.6 is 11.3 Å². The molecule has 3 nitrogen and oxygen atoms in total. The van der Waals surface area contributed by atoms with Crippen LogP contribution in [-0.4, -0.2) is 37.2 Å². The molecule has 3 fully saturated rings. The second kappa shape index (κ2) is 8.93. The Morgan fingerprint density at radius 2 is 1.80 bits per heavy atom. The number of methoxy groups -OCH3 is 1. The third-order valence-electron chi connectivity index (χ3n) is 6.92. The first-order valence-corrected chi connectivity index (χ1v) is 11.9. The highest BCUT2D eigenvalue weighted by Gasteiger charge is 2.46. The van der Waals surface area contributed by atoms with E-state index in [0.29, 0.717) is 18.0 Å². The van der Waals surface area contributed by atoms with Gasteiger partial charge in [-0.05, 0) is 66.6 Å². The molecular formula is C26H30N2OS. The molecule has 0 radical (unpaired) electrons. The molecule has 2 aromatic carbocycles. The van der Waals surface area contributed by atoms with Crippen molar-refractivity contribution < 1.29 is 4.74 Å². The van der Waals surface area contributed by atoms with Crippen LogP contribution in [0.2, 0.25) is 0 Å². The zero-order valence-electron chi connectivity index (χ0n) is 17.5. The fourth-order valence-electron chi connectivity index (χ4n) is 5.50. The van der Waals surface area contributed by atoms with E-state index >= 15 is 0 Å². The minimum atomic E-state index is 0.324. The van der Waals surface area contributed by atoms with Gasteiger partial charge in [0.1, 0.15) is 5.75 Å². The van der Waals surface area contributed by atoms with Crippen LogP contribution in [0.4, 0.5) is 0 Å². The smallest absolute Gasteiger partial charge is 0.119 e. The maximum Gasteiger partial charge on any atom is 0.119 e. The molecule has 0 amide bonds. The molecule has 4 heteroatoms. The van der Waals surface area contributed by atoms with Crippen LogP contribution in [0.15, 0.2) is 72.1 Å². The van der Waals surface area contributed by atoms with E-state index in [1.807, 2.05) is 17.4 Å². The molecular weight excluding hydrogens is 388 g/mol. The first-order chi connectivity index (χ1) is 14.8. The van der Waals surface area contributed by atoms with Crippen molar-refractivity contribution in [1.82, 2.24) is 10.2 Å². The largest absolute Gasteiger partial charge is 0.497 e. The fraction of sp³-hybridized carbons (Fsp3) is 0.385. The van der Waals surface area contributed by atoms with Crippen molar-refractivity contribution in [2.24, 2.45) is 5.92 Å². The maximum atomic E-state index is 5.59. The van der Waals surface area contributed by atoms with Crippen LogP contribution < -0.4 is 10.1 Å². The van der Waals surface area contributed by atoms with Crippen LogP contribution in [0.3, 0.4) is 0 Å². The zero-order valence-corrected chi connectivity index (χ0v) is 18.4. The molecule has 3 atom stereocenters. The molecule has 1 aromatic heterocycles. The third-order valence-corrected chi connectivity index (χ3v) is 7.79. The Morgan fingerprint density at radius 3 is 2.53 bits per heavy atom. The Morgan fingerprint density at radius 1 is 1.00 bits per heavy atom. The number of benzene rings is 2. The lowest BCUT2D eigenvalue weighted by molar-refractivity contribution is 0.00476. The summed E-state index contributed by atoms with van der Waals surface area (Å²) in [5.41, 5.74) is 2.74. The van der Waals surface area contributed by atoms with Gasteiger partial charge in [-0.3, -0.25) is 4.90 Å². The molecule has 4 heterocycles. The Bertz CT molecular complexity index is 935. The van der Waals surface area contributed by atoms with Gasteiger partial charge in [0.2, 0.25) is 0 Å². The summed E-state index contributed by atoms with van der Waals surface area (Å²) in [5.74, 6) is 2.01. The number of ether oxygens (including phenoxy) is 1. The van der Waals surface area contributed by atoms with E-state index in [1.165, 1.54) is 41.9 Å². The van der Waals surface area contributed by atoms with E-state index in [9.17, 15) is 0 Å². The summed E-state index contributed by atoms with van der Waals surface area (Å²) in [5, 5.41) is 6.17. The van der Waals surface area contributed by atoms with Gasteiger partial charge in [0, 0.05) is 29.4 Å². The molecule has 2 bridgehead atoms. The minimum Gasteiger partial charge on any atom is -0.497 e. The molecule has 3 aromatic rings. The van der Waals surface area contributed by atoms with Crippen molar-refractivity contribution in [3.05, 3.63) is 88.1 Å². The van der Waals surface area contributed by atoms with Crippen LogP contribution in [0, 0.1) is 5.92 Å². The highest BCUT2D eigenvalue weighted by Crippen LogP contribution is 2.42. The molecule has 6 rings (SSSR count). The highest BCUT2D eigenvalue weighted by atomic mass is 32.1. The van der Waals surface area contributed by atoms with E-state index in [0.717, 1.165) is 18.2 Å². The molecule has 0 spiro atoms. The molecule has 1 unspecified atom stereocenters. The molecule has 0 saturated carbocycles. The molecule has 3 saturated heterocycles. The Balaban J connectivity index is 1.53. The maximum absolute atomic E-state index is 5.59. The van der Waals surface area contributed by atoms with Gasteiger partial charge in [-0.25, -0.2) is 0 Å². The summed E-state index contributed by atoms with van der Waals surface area (Å²) in [7, 11) is 1.76. The van der Waals surface area contributed by atoms with E-state index in [-0.39, 0.29) is 0 Å². The summed E-state index contributed by atoms with van der Waals surface area (Å²) in [4.78, 5) is 4.16.